The highest BCUT2D eigenvalue weighted by atomic mass is 15.3. The minimum absolute atomic E-state index is 0.0132. The highest BCUT2D eigenvalue weighted by molar-refractivity contribution is 5.16. The summed E-state index contributed by atoms with van der Waals surface area (Å²) < 4.78 is 1.96. The van der Waals surface area contributed by atoms with E-state index in [9.17, 15) is 0 Å². The van der Waals surface area contributed by atoms with Gasteiger partial charge >= 0.3 is 0 Å². The average Bonchev–Trinajstić information content (AvgIpc) is 2.72. The highest BCUT2D eigenvalue weighted by Gasteiger charge is 2.36. The predicted molar refractivity (Wildman–Crippen MR) is 82.1 cm³/mol. The van der Waals surface area contributed by atoms with Gasteiger partial charge in [-0.2, -0.15) is 5.10 Å². The molecule has 0 spiro atoms. The summed E-state index contributed by atoms with van der Waals surface area (Å²) in [6, 6.07) is 0.0981. The Morgan fingerprint density at radius 1 is 1.30 bits per heavy atom. The summed E-state index contributed by atoms with van der Waals surface area (Å²) in [6.07, 6.45) is 9.31. The number of hydrazine groups is 1. The zero-order valence-electron chi connectivity index (χ0n) is 13.1. The molecular formula is C15H29N5. The van der Waals surface area contributed by atoms with Crippen molar-refractivity contribution in [1.29, 1.82) is 0 Å². The Kier molecular flexibility index (Phi) is 5.18. The number of nitrogens with two attached hydrogens (primary N) is 1. The van der Waals surface area contributed by atoms with Crippen LogP contribution in [0.4, 0.5) is 0 Å². The second kappa shape index (κ2) is 6.70. The van der Waals surface area contributed by atoms with Crippen molar-refractivity contribution >= 4 is 0 Å². The third kappa shape index (κ3) is 3.22. The van der Waals surface area contributed by atoms with Crippen LogP contribution in [0.1, 0.15) is 58.1 Å². The molecule has 0 amide bonds. The van der Waals surface area contributed by atoms with E-state index in [0.717, 1.165) is 19.6 Å². The molecule has 5 nitrogen and oxygen atoms in total. The quantitative estimate of drug-likeness (QED) is 0.640. The molecule has 3 N–H and O–H groups in total. The van der Waals surface area contributed by atoms with Crippen LogP contribution in [0, 0.1) is 0 Å². The van der Waals surface area contributed by atoms with E-state index in [4.69, 9.17) is 5.84 Å². The molecule has 1 aliphatic rings. The molecule has 1 saturated heterocycles. The smallest absolute Gasteiger partial charge is 0.0669 e. The van der Waals surface area contributed by atoms with Gasteiger partial charge in [0.15, 0.2) is 0 Å². The lowest BCUT2D eigenvalue weighted by atomic mass is 9.88. The van der Waals surface area contributed by atoms with Crippen LogP contribution in [0.2, 0.25) is 0 Å². The van der Waals surface area contributed by atoms with Crippen molar-refractivity contribution in [2.24, 2.45) is 5.84 Å². The number of aryl methyl sites for hydroxylation is 1. The van der Waals surface area contributed by atoms with E-state index in [1.807, 2.05) is 10.9 Å². The first-order chi connectivity index (χ1) is 9.59. The molecule has 2 rings (SSSR count). The molecule has 1 fully saturated rings. The van der Waals surface area contributed by atoms with E-state index in [2.05, 4.69) is 42.4 Å². The van der Waals surface area contributed by atoms with E-state index >= 15 is 0 Å². The van der Waals surface area contributed by atoms with Crippen molar-refractivity contribution in [2.45, 2.75) is 64.6 Å². The van der Waals surface area contributed by atoms with E-state index in [0.29, 0.717) is 0 Å². The fraction of sp³-hybridized carbons (Fsp3) is 0.800. The molecule has 0 aliphatic carbocycles. The molecule has 1 unspecified atom stereocenters. The maximum Gasteiger partial charge on any atom is 0.0669 e. The summed E-state index contributed by atoms with van der Waals surface area (Å²) in [6.45, 7) is 9.88. The molecule has 1 atom stereocenters. The fourth-order valence-electron chi connectivity index (χ4n) is 3.24. The lowest BCUT2D eigenvalue weighted by Crippen LogP contribution is -2.54. The van der Waals surface area contributed by atoms with E-state index in [1.54, 1.807) is 0 Å². The van der Waals surface area contributed by atoms with Gasteiger partial charge in [0.05, 0.1) is 12.2 Å². The van der Waals surface area contributed by atoms with Gasteiger partial charge in [-0.3, -0.25) is 20.9 Å². The lowest BCUT2D eigenvalue weighted by Gasteiger charge is -2.43. The monoisotopic (exact) mass is 279 g/mol. The predicted octanol–water partition coefficient (Wildman–Crippen LogP) is 2.06. The van der Waals surface area contributed by atoms with Gasteiger partial charge in [-0.05, 0) is 46.7 Å². The first-order valence-corrected chi connectivity index (χ1v) is 7.83. The summed E-state index contributed by atoms with van der Waals surface area (Å²) in [5.41, 5.74) is 4.18. The molecule has 0 radical (unpaired) electrons. The van der Waals surface area contributed by atoms with Gasteiger partial charge < -0.3 is 0 Å². The number of aromatic nitrogens is 2. The van der Waals surface area contributed by atoms with E-state index < -0.39 is 0 Å². The van der Waals surface area contributed by atoms with Gasteiger partial charge in [0.25, 0.3) is 0 Å². The standard InChI is InChI=1S/C15H29N5/c1-4-20-12-13(11-17-20)14(18-16)15(2,3)19-9-7-5-6-8-10-19/h11-12,14,18H,4-10,16H2,1-3H3. The van der Waals surface area contributed by atoms with Crippen molar-refractivity contribution in [3.05, 3.63) is 18.0 Å². The fourth-order valence-corrected chi connectivity index (χ4v) is 3.24. The molecule has 20 heavy (non-hydrogen) atoms. The molecule has 2 heterocycles. The van der Waals surface area contributed by atoms with E-state index in [-0.39, 0.29) is 11.6 Å². The minimum atomic E-state index is -0.0132. The maximum atomic E-state index is 5.87. The van der Waals surface area contributed by atoms with Crippen LogP contribution in [0.25, 0.3) is 0 Å². The van der Waals surface area contributed by atoms with Crippen LogP contribution >= 0.6 is 0 Å². The number of hydrogen-bond acceptors (Lipinski definition) is 4. The largest absolute Gasteiger partial charge is 0.296 e. The first kappa shape index (κ1) is 15.5. The van der Waals surface area contributed by atoms with Crippen LogP contribution in [0.5, 0.6) is 0 Å². The highest BCUT2D eigenvalue weighted by Crippen LogP contribution is 2.32. The van der Waals surface area contributed by atoms with Crippen molar-refractivity contribution in [3.8, 4) is 0 Å². The van der Waals surface area contributed by atoms with Gasteiger partial charge in [0.2, 0.25) is 0 Å². The molecule has 5 heteroatoms. The SMILES string of the molecule is CCn1cc(C(NN)C(C)(C)N2CCCCCC2)cn1. The number of nitrogens with zero attached hydrogens (tertiary/aromatic N) is 3. The van der Waals surface area contributed by atoms with Crippen LogP contribution in [-0.2, 0) is 6.54 Å². The van der Waals surface area contributed by atoms with Gasteiger partial charge in [-0.25, -0.2) is 0 Å². The third-order valence-electron chi connectivity index (χ3n) is 4.60. The molecule has 1 aliphatic heterocycles. The molecule has 0 saturated carbocycles. The molecule has 0 bridgehead atoms. The van der Waals surface area contributed by atoms with Crippen LogP contribution in [0.15, 0.2) is 12.4 Å². The molecule has 0 aromatic carbocycles. The van der Waals surface area contributed by atoms with Crippen LogP contribution in [-0.4, -0.2) is 33.3 Å². The van der Waals surface area contributed by atoms with Crippen LogP contribution in [0.3, 0.4) is 0 Å². The Morgan fingerprint density at radius 2 is 1.95 bits per heavy atom. The Bertz CT molecular complexity index is 404. The average molecular weight is 279 g/mol. The molecule has 114 valence electrons. The summed E-state index contributed by atoms with van der Waals surface area (Å²) in [4.78, 5) is 2.58. The second-order valence-corrected chi connectivity index (χ2v) is 6.28. The summed E-state index contributed by atoms with van der Waals surface area (Å²) >= 11 is 0. The Hall–Kier alpha value is -0.910. The topological polar surface area (TPSA) is 59.1 Å². The molecule has 1 aromatic rings. The Balaban J connectivity index is 2.18. The number of hydrogen-bond donors (Lipinski definition) is 2. The Labute approximate surface area is 122 Å². The first-order valence-electron chi connectivity index (χ1n) is 7.83. The summed E-state index contributed by atoms with van der Waals surface area (Å²) in [5, 5.41) is 4.38. The van der Waals surface area contributed by atoms with Gasteiger partial charge in [0.1, 0.15) is 0 Å². The van der Waals surface area contributed by atoms with Crippen molar-refractivity contribution in [3.63, 3.8) is 0 Å². The van der Waals surface area contributed by atoms with Crippen molar-refractivity contribution in [2.75, 3.05) is 13.1 Å². The third-order valence-corrected chi connectivity index (χ3v) is 4.60. The lowest BCUT2D eigenvalue weighted by molar-refractivity contribution is 0.0834. The Morgan fingerprint density at radius 3 is 2.45 bits per heavy atom. The molecule has 1 aromatic heterocycles. The normalized spacial score (nSPS) is 19.8. The summed E-state index contributed by atoms with van der Waals surface area (Å²) in [5.74, 6) is 5.87. The second-order valence-electron chi connectivity index (χ2n) is 6.28. The van der Waals surface area contributed by atoms with Gasteiger partial charge in [-0.15, -0.1) is 0 Å². The van der Waals surface area contributed by atoms with Gasteiger partial charge in [-0.1, -0.05) is 12.8 Å². The number of likely N-dealkylation sites (tertiary alicyclic amines) is 1. The minimum Gasteiger partial charge on any atom is -0.296 e. The van der Waals surface area contributed by atoms with Crippen molar-refractivity contribution < 1.29 is 0 Å². The number of rotatable bonds is 5. The zero-order chi connectivity index (χ0) is 14.6. The maximum absolute atomic E-state index is 5.87. The van der Waals surface area contributed by atoms with Crippen molar-refractivity contribution in [1.82, 2.24) is 20.1 Å². The molecular weight excluding hydrogens is 250 g/mol. The summed E-state index contributed by atoms with van der Waals surface area (Å²) in [7, 11) is 0. The van der Waals surface area contributed by atoms with Gasteiger partial charge in [0, 0.05) is 23.8 Å². The number of nitrogens with one attached hydrogen (secondary N) is 1. The van der Waals surface area contributed by atoms with Crippen LogP contribution < -0.4 is 11.3 Å². The zero-order valence-corrected chi connectivity index (χ0v) is 13.1. The van der Waals surface area contributed by atoms with E-state index in [1.165, 1.54) is 31.2 Å².